The van der Waals surface area contributed by atoms with Crippen LogP contribution >= 0.6 is 0 Å². The monoisotopic (exact) mass is 226 g/mol. The normalized spacial score (nSPS) is 11.1. The van der Waals surface area contributed by atoms with Gasteiger partial charge in [0.1, 0.15) is 0 Å². The second kappa shape index (κ2) is 3.31. The molecule has 0 saturated carbocycles. The summed E-state index contributed by atoms with van der Waals surface area (Å²) in [6.45, 7) is 0. The third-order valence-electron chi connectivity index (χ3n) is 2.98. The fraction of sp³-hybridized carbons (Fsp3) is 0.0769. The van der Waals surface area contributed by atoms with Crippen molar-refractivity contribution in [3.05, 3.63) is 57.1 Å². The van der Waals surface area contributed by atoms with E-state index in [2.05, 4.69) is 4.98 Å². The molecule has 3 aromatic rings. The Hall–Kier alpha value is -2.36. The van der Waals surface area contributed by atoms with Crippen LogP contribution in [0.25, 0.3) is 21.8 Å². The highest BCUT2D eigenvalue weighted by molar-refractivity contribution is 6.03. The second-order valence-electron chi connectivity index (χ2n) is 4.00. The van der Waals surface area contributed by atoms with E-state index in [1.807, 2.05) is 36.4 Å². The smallest absolute Gasteiger partial charge is 0.316 e. The largest absolute Gasteiger partial charge is 0.316 e. The molecule has 2 aromatic carbocycles. The number of aryl methyl sites for hydroxylation is 1. The summed E-state index contributed by atoms with van der Waals surface area (Å²) in [7, 11) is 1.62. The summed E-state index contributed by atoms with van der Waals surface area (Å²) in [5.74, 6) is 0. The van der Waals surface area contributed by atoms with Crippen molar-refractivity contribution in [2.45, 2.75) is 0 Å². The lowest BCUT2D eigenvalue weighted by Crippen LogP contribution is -2.34. The molecule has 0 atom stereocenters. The van der Waals surface area contributed by atoms with Gasteiger partial charge in [0.15, 0.2) is 0 Å². The zero-order valence-corrected chi connectivity index (χ0v) is 9.23. The van der Waals surface area contributed by atoms with Gasteiger partial charge in [-0.3, -0.25) is 9.59 Å². The minimum absolute atomic E-state index is 0.533. The lowest BCUT2D eigenvalue weighted by molar-refractivity contribution is 0.877. The number of H-pyrrole nitrogens is 1. The van der Waals surface area contributed by atoms with Crippen LogP contribution in [0.15, 0.2) is 46.0 Å². The topological polar surface area (TPSA) is 54.9 Å². The van der Waals surface area contributed by atoms with Gasteiger partial charge < -0.3 is 9.55 Å². The van der Waals surface area contributed by atoms with E-state index >= 15 is 0 Å². The number of aromatic nitrogens is 2. The van der Waals surface area contributed by atoms with E-state index in [9.17, 15) is 9.59 Å². The molecule has 3 rings (SSSR count). The summed E-state index contributed by atoms with van der Waals surface area (Å²) in [6.07, 6.45) is 0. The average Bonchev–Trinajstić information content (AvgIpc) is 2.35. The van der Waals surface area contributed by atoms with Crippen molar-refractivity contribution in [3.8, 4) is 0 Å². The van der Waals surface area contributed by atoms with E-state index in [0.717, 1.165) is 16.3 Å². The molecule has 84 valence electrons. The summed E-state index contributed by atoms with van der Waals surface area (Å²) < 4.78 is 1.40. The maximum atomic E-state index is 11.6. The van der Waals surface area contributed by atoms with Crippen LogP contribution < -0.4 is 11.1 Å². The average molecular weight is 226 g/mol. The highest BCUT2D eigenvalue weighted by Gasteiger charge is 2.07. The van der Waals surface area contributed by atoms with Crippen molar-refractivity contribution < 1.29 is 0 Å². The molecule has 0 aliphatic carbocycles. The van der Waals surface area contributed by atoms with E-state index in [0.29, 0.717) is 5.52 Å². The van der Waals surface area contributed by atoms with Crippen LogP contribution in [0.4, 0.5) is 0 Å². The molecule has 0 fully saturated rings. The Morgan fingerprint density at radius 3 is 2.65 bits per heavy atom. The molecule has 0 spiro atoms. The van der Waals surface area contributed by atoms with Crippen LogP contribution in [-0.2, 0) is 7.05 Å². The van der Waals surface area contributed by atoms with Gasteiger partial charge in [0, 0.05) is 12.4 Å². The molecular formula is C13H10N2O2. The van der Waals surface area contributed by atoms with E-state index < -0.39 is 11.1 Å². The van der Waals surface area contributed by atoms with Crippen LogP contribution in [0, 0.1) is 0 Å². The van der Waals surface area contributed by atoms with E-state index in [1.54, 1.807) is 7.05 Å². The summed E-state index contributed by atoms with van der Waals surface area (Å²) in [4.78, 5) is 25.6. The predicted octanol–water partition coefficient (Wildman–Crippen LogP) is 1.38. The maximum Gasteiger partial charge on any atom is 0.316 e. The first-order valence-electron chi connectivity index (χ1n) is 5.29. The number of hydrogen-bond acceptors (Lipinski definition) is 2. The number of nitrogens with one attached hydrogen (secondary N) is 1. The van der Waals surface area contributed by atoms with E-state index in [4.69, 9.17) is 0 Å². The first-order chi connectivity index (χ1) is 8.18. The Morgan fingerprint density at radius 1 is 1.06 bits per heavy atom. The minimum atomic E-state index is -0.588. The van der Waals surface area contributed by atoms with E-state index in [1.165, 1.54) is 4.57 Å². The summed E-state index contributed by atoms with van der Waals surface area (Å²) >= 11 is 0. The third kappa shape index (κ3) is 1.30. The Bertz CT molecular complexity index is 843. The molecule has 0 bridgehead atoms. The zero-order valence-electron chi connectivity index (χ0n) is 9.23. The van der Waals surface area contributed by atoms with Crippen LogP contribution in [0.2, 0.25) is 0 Å². The SMILES string of the molecule is Cn1c(=O)c(=O)[nH]c2ccc3ccccc3c21. The molecule has 0 amide bonds. The number of benzene rings is 2. The van der Waals surface area contributed by atoms with Gasteiger partial charge in [-0.05, 0) is 11.5 Å². The fourth-order valence-electron chi connectivity index (χ4n) is 2.15. The van der Waals surface area contributed by atoms with Crippen LogP contribution in [-0.4, -0.2) is 9.55 Å². The van der Waals surface area contributed by atoms with Gasteiger partial charge in [0.25, 0.3) is 0 Å². The van der Waals surface area contributed by atoms with Gasteiger partial charge in [0.2, 0.25) is 0 Å². The summed E-state index contributed by atoms with van der Waals surface area (Å²) in [6, 6.07) is 11.5. The van der Waals surface area contributed by atoms with Crippen molar-refractivity contribution in [2.24, 2.45) is 7.05 Å². The predicted molar refractivity (Wildman–Crippen MR) is 67.3 cm³/mol. The highest BCUT2D eigenvalue weighted by Crippen LogP contribution is 2.21. The number of nitrogens with zero attached hydrogens (tertiary/aromatic N) is 1. The van der Waals surface area contributed by atoms with Crippen molar-refractivity contribution in [1.82, 2.24) is 9.55 Å². The first kappa shape index (κ1) is 9.84. The van der Waals surface area contributed by atoms with Gasteiger partial charge >= 0.3 is 11.1 Å². The molecule has 0 saturated heterocycles. The Kier molecular flexibility index (Phi) is 1.92. The summed E-state index contributed by atoms with van der Waals surface area (Å²) in [5.41, 5.74) is 0.313. The third-order valence-corrected chi connectivity index (χ3v) is 2.98. The number of hydrogen-bond donors (Lipinski definition) is 1. The fourth-order valence-corrected chi connectivity index (χ4v) is 2.15. The molecular weight excluding hydrogens is 216 g/mol. The van der Waals surface area contributed by atoms with Gasteiger partial charge in [-0.15, -0.1) is 0 Å². The molecule has 0 unspecified atom stereocenters. The molecule has 17 heavy (non-hydrogen) atoms. The first-order valence-corrected chi connectivity index (χ1v) is 5.29. The maximum absolute atomic E-state index is 11.6. The van der Waals surface area contributed by atoms with Crippen molar-refractivity contribution in [1.29, 1.82) is 0 Å². The number of aromatic amines is 1. The molecule has 4 nitrogen and oxygen atoms in total. The molecule has 1 heterocycles. The minimum Gasteiger partial charge on any atom is -0.316 e. The number of rotatable bonds is 0. The lowest BCUT2D eigenvalue weighted by Gasteiger charge is -2.07. The van der Waals surface area contributed by atoms with Crippen molar-refractivity contribution >= 4 is 21.8 Å². The molecule has 4 heteroatoms. The quantitative estimate of drug-likeness (QED) is 0.465. The van der Waals surface area contributed by atoms with Crippen molar-refractivity contribution in [3.63, 3.8) is 0 Å². The second-order valence-corrected chi connectivity index (χ2v) is 4.00. The molecule has 1 N–H and O–H groups in total. The molecule has 0 radical (unpaired) electrons. The number of fused-ring (bicyclic) bond motifs is 3. The van der Waals surface area contributed by atoms with Gasteiger partial charge in [-0.1, -0.05) is 30.3 Å². The van der Waals surface area contributed by atoms with Crippen LogP contribution in [0.1, 0.15) is 0 Å². The Morgan fingerprint density at radius 2 is 1.82 bits per heavy atom. The Balaban J connectivity index is 2.72. The van der Waals surface area contributed by atoms with Gasteiger partial charge in [-0.25, -0.2) is 0 Å². The zero-order chi connectivity index (χ0) is 12.0. The lowest BCUT2D eigenvalue weighted by atomic mass is 10.1. The Labute approximate surface area is 96.1 Å². The van der Waals surface area contributed by atoms with E-state index in [-0.39, 0.29) is 0 Å². The molecule has 0 aliphatic heterocycles. The van der Waals surface area contributed by atoms with Gasteiger partial charge in [-0.2, -0.15) is 0 Å². The molecule has 0 aliphatic rings. The standard InChI is InChI=1S/C13H10N2O2/c1-15-11-9-5-3-2-4-8(9)6-7-10(11)14-12(16)13(15)17/h2-7H,1H3,(H,14,16). The van der Waals surface area contributed by atoms with Crippen LogP contribution in [0.3, 0.4) is 0 Å². The van der Waals surface area contributed by atoms with Crippen LogP contribution in [0.5, 0.6) is 0 Å². The summed E-state index contributed by atoms with van der Waals surface area (Å²) in [5, 5.41) is 2.00. The van der Waals surface area contributed by atoms with Crippen molar-refractivity contribution in [2.75, 3.05) is 0 Å². The van der Waals surface area contributed by atoms with Gasteiger partial charge in [0.05, 0.1) is 11.0 Å². The molecule has 1 aromatic heterocycles. The highest BCUT2D eigenvalue weighted by atomic mass is 16.2.